The fourth-order valence-electron chi connectivity index (χ4n) is 1.96. The van der Waals surface area contributed by atoms with E-state index in [1.807, 2.05) is 0 Å². The number of nitro benzene ring substituents is 1. The molecule has 0 aliphatic rings. The average Bonchev–Trinajstić information content (AvgIpc) is 2.62. The maximum atomic E-state index is 12.2. The van der Waals surface area contributed by atoms with E-state index >= 15 is 0 Å². The van der Waals surface area contributed by atoms with E-state index in [0.29, 0.717) is 0 Å². The molecule has 0 spiro atoms. The van der Waals surface area contributed by atoms with Crippen molar-refractivity contribution in [2.24, 2.45) is 0 Å². The van der Waals surface area contributed by atoms with Crippen LogP contribution in [0.25, 0.3) is 0 Å². The summed E-state index contributed by atoms with van der Waals surface area (Å²) in [5, 5.41) is 13.8. The van der Waals surface area contributed by atoms with Crippen LogP contribution in [0.3, 0.4) is 0 Å². The molecule has 0 radical (unpaired) electrons. The summed E-state index contributed by atoms with van der Waals surface area (Å²) in [5.41, 5.74) is -0.192. The van der Waals surface area contributed by atoms with Crippen LogP contribution in [0.4, 0.5) is 11.4 Å². The number of benzene rings is 1. The van der Waals surface area contributed by atoms with Gasteiger partial charge in [-0.3, -0.25) is 14.9 Å². The van der Waals surface area contributed by atoms with Gasteiger partial charge in [0.1, 0.15) is 0 Å². The first kappa shape index (κ1) is 19.1. The van der Waals surface area contributed by atoms with Gasteiger partial charge >= 0.3 is 11.7 Å². The fourth-order valence-corrected chi connectivity index (χ4v) is 2.13. The Hall–Kier alpha value is -3.20. The second kappa shape index (κ2) is 8.26. The number of carbonyl (C=O) groups excluding carboxylic acids is 2. The summed E-state index contributed by atoms with van der Waals surface area (Å²) in [7, 11) is 1.16. The van der Waals surface area contributed by atoms with Crippen LogP contribution in [0.15, 0.2) is 36.5 Å². The van der Waals surface area contributed by atoms with Gasteiger partial charge in [-0.25, -0.2) is 9.78 Å². The Bertz CT molecular complexity index is 858. The standard InChI is InChI=1S/C16H14ClN3O6/c1-9(15(21)19-11-4-3-7-18-14(11)17)26-13-6-5-10(16(22)25-2)8-12(13)20(23)24/h3-9H,1-2H3,(H,19,21)/t9-/m0/s1. The fraction of sp³-hybridized carbons (Fsp3) is 0.188. The number of hydrogen-bond donors (Lipinski definition) is 1. The first-order valence-electron chi connectivity index (χ1n) is 7.28. The molecule has 26 heavy (non-hydrogen) atoms. The first-order valence-corrected chi connectivity index (χ1v) is 7.66. The number of anilines is 1. The Morgan fingerprint density at radius 2 is 2.08 bits per heavy atom. The zero-order valence-electron chi connectivity index (χ0n) is 13.8. The number of esters is 1. The second-order valence-corrected chi connectivity index (χ2v) is 5.38. The van der Waals surface area contributed by atoms with Gasteiger partial charge in [-0.05, 0) is 31.2 Å². The predicted octanol–water partition coefficient (Wildman–Crippen LogP) is 2.84. The third-order valence-electron chi connectivity index (χ3n) is 3.27. The Labute approximate surface area is 153 Å². The van der Waals surface area contributed by atoms with E-state index in [1.54, 1.807) is 12.1 Å². The van der Waals surface area contributed by atoms with Crippen molar-refractivity contribution in [3.63, 3.8) is 0 Å². The average molecular weight is 380 g/mol. The predicted molar refractivity (Wildman–Crippen MR) is 92.4 cm³/mol. The Balaban J connectivity index is 2.18. The van der Waals surface area contributed by atoms with Crippen molar-refractivity contribution in [1.82, 2.24) is 4.98 Å². The molecule has 1 atom stereocenters. The second-order valence-electron chi connectivity index (χ2n) is 5.02. The first-order chi connectivity index (χ1) is 12.3. The molecule has 1 N–H and O–H groups in total. The van der Waals surface area contributed by atoms with E-state index in [0.717, 1.165) is 13.2 Å². The summed E-state index contributed by atoms with van der Waals surface area (Å²) in [5.74, 6) is -1.47. The number of ether oxygens (including phenoxy) is 2. The van der Waals surface area contributed by atoms with Crippen molar-refractivity contribution in [3.05, 3.63) is 57.4 Å². The molecule has 0 unspecified atom stereocenters. The molecular weight excluding hydrogens is 366 g/mol. The molecule has 1 aromatic carbocycles. The van der Waals surface area contributed by atoms with Gasteiger partial charge in [0.2, 0.25) is 0 Å². The van der Waals surface area contributed by atoms with Crippen LogP contribution in [0.1, 0.15) is 17.3 Å². The van der Waals surface area contributed by atoms with Crippen molar-refractivity contribution >= 4 is 34.9 Å². The molecule has 10 heteroatoms. The van der Waals surface area contributed by atoms with E-state index in [-0.39, 0.29) is 22.2 Å². The molecule has 0 bridgehead atoms. The number of halogens is 1. The van der Waals surface area contributed by atoms with Crippen LogP contribution >= 0.6 is 11.6 Å². The van der Waals surface area contributed by atoms with Crippen LogP contribution in [0, 0.1) is 10.1 Å². The van der Waals surface area contributed by atoms with Crippen molar-refractivity contribution in [2.75, 3.05) is 12.4 Å². The summed E-state index contributed by atoms with van der Waals surface area (Å²) in [6.45, 7) is 1.41. The number of carbonyl (C=O) groups is 2. The molecule has 0 fully saturated rings. The molecule has 0 saturated heterocycles. The number of methoxy groups -OCH3 is 1. The Kier molecular flexibility index (Phi) is 6.07. The third kappa shape index (κ3) is 4.45. The number of amides is 1. The highest BCUT2D eigenvalue weighted by atomic mass is 35.5. The van der Waals surface area contributed by atoms with Gasteiger partial charge in [-0.2, -0.15) is 0 Å². The number of nitro groups is 1. The molecular formula is C16H14ClN3O6. The van der Waals surface area contributed by atoms with Crippen LogP contribution in [0.2, 0.25) is 5.15 Å². The van der Waals surface area contributed by atoms with Crippen LogP contribution in [-0.4, -0.2) is 35.0 Å². The molecule has 9 nitrogen and oxygen atoms in total. The van der Waals surface area contributed by atoms with E-state index < -0.39 is 28.6 Å². The monoisotopic (exact) mass is 379 g/mol. The molecule has 0 aliphatic carbocycles. The van der Waals surface area contributed by atoms with Gasteiger partial charge in [0.15, 0.2) is 17.0 Å². The molecule has 0 saturated carbocycles. The smallest absolute Gasteiger partial charge is 0.338 e. The lowest BCUT2D eigenvalue weighted by Crippen LogP contribution is -2.30. The van der Waals surface area contributed by atoms with Crippen molar-refractivity contribution in [3.8, 4) is 5.75 Å². The third-order valence-corrected chi connectivity index (χ3v) is 3.57. The number of nitrogens with one attached hydrogen (secondary N) is 1. The number of hydrogen-bond acceptors (Lipinski definition) is 7. The number of rotatable bonds is 6. The molecule has 1 amide bonds. The van der Waals surface area contributed by atoms with Crippen LogP contribution < -0.4 is 10.1 Å². The molecule has 136 valence electrons. The zero-order valence-corrected chi connectivity index (χ0v) is 14.5. The number of nitrogens with zero attached hydrogens (tertiary/aromatic N) is 2. The van der Waals surface area contributed by atoms with Crippen LogP contribution in [0.5, 0.6) is 5.75 Å². The van der Waals surface area contributed by atoms with E-state index in [2.05, 4.69) is 15.0 Å². The largest absolute Gasteiger partial charge is 0.474 e. The van der Waals surface area contributed by atoms with Gasteiger partial charge in [0.25, 0.3) is 5.91 Å². The summed E-state index contributed by atoms with van der Waals surface area (Å²) in [4.78, 5) is 38.0. The molecule has 0 aliphatic heterocycles. The van der Waals surface area contributed by atoms with Gasteiger partial charge in [-0.1, -0.05) is 11.6 Å². The lowest BCUT2D eigenvalue weighted by Gasteiger charge is -2.15. The lowest BCUT2D eigenvalue weighted by molar-refractivity contribution is -0.386. The highest BCUT2D eigenvalue weighted by molar-refractivity contribution is 6.32. The number of pyridine rings is 1. The Morgan fingerprint density at radius 1 is 1.35 bits per heavy atom. The minimum absolute atomic E-state index is 0.00852. The van der Waals surface area contributed by atoms with E-state index in [9.17, 15) is 19.7 Å². The highest BCUT2D eigenvalue weighted by Crippen LogP contribution is 2.29. The van der Waals surface area contributed by atoms with Crippen LogP contribution in [-0.2, 0) is 9.53 Å². The summed E-state index contributed by atoms with van der Waals surface area (Å²) >= 11 is 5.86. The summed E-state index contributed by atoms with van der Waals surface area (Å²) < 4.78 is 9.90. The summed E-state index contributed by atoms with van der Waals surface area (Å²) in [6, 6.07) is 6.68. The van der Waals surface area contributed by atoms with Crippen molar-refractivity contribution in [2.45, 2.75) is 13.0 Å². The molecule has 2 rings (SSSR count). The number of aromatic nitrogens is 1. The minimum Gasteiger partial charge on any atom is -0.474 e. The van der Waals surface area contributed by atoms with Gasteiger partial charge in [0, 0.05) is 12.3 Å². The minimum atomic E-state index is -1.08. The van der Waals surface area contributed by atoms with Crippen molar-refractivity contribution < 1.29 is 24.0 Å². The maximum Gasteiger partial charge on any atom is 0.338 e. The maximum absolute atomic E-state index is 12.2. The van der Waals surface area contributed by atoms with E-state index in [4.69, 9.17) is 16.3 Å². The highest BCUT2D eigenvalue weighted by Gasteiger charge is 2.23. The zero-order chi connectivity index (χ0) is 19.3. The quantitative estimate of drug-likeness (QED) is 0.354. The van der Waals surface area contributed by atoms with Gasteiger partial charge in [-0.15, -0.1) is 0 Å². The summed E-state index contributed by atoms with van der Waals surface area (Å²) in [6.07, 6.45) is 0.387. The lowest BCUT2D eigenvalue weighted by atomic mass is 10.2. The van der Waals surface area contributed by atoms with Crippen molar-refractivity contribution in [1.29, 1.82) is 0 Å². The molecule has 2 aromatic rings. The van der Waals surface area contributed by atoms with Gasteiger partial charge in [0.05, 0.1) is 23.3 Å². The van der Waals surface area contributed by atoms with E-state index in [1.165, 1.54) is 25.3 Å². The SMILES string of the molecule is COC(=O)c1ccc(O[C@@H](C)C(=O)Nc2cccnc2Cl)c([N+](=O)[O-])c1. The normalized spacial score (nSPS) is 11.3. The Morgan fingerprint density at radius 3 is 2.69 bits per heavy atom. The molecule has 1 heterocycles. The molecule has 1 aromatic heterocycles. The van der Waals surface area contributed by atoms with Gasteiger partial charge < -0.3 is 14.8 Å². The topological polar surface area (TPSA) is 121 Å².